The van der Waals surface area contributed by atoms with Crippen LogP contribution in [0.4, 0.5) is 0 Å². The summed E-state index contributed by atoms with van der Waals surface area (Å²) in [5.74, 6) is 0. The summed E-state index contributed by atoms with van der Waals surface area (Å²) in [5, 5.41) is 0. The van der Waals surface area contributed by atoms with E-state index < -0.39 is 0 Å². The Hall–Kier alpha value is -0.284. The van der Waals surface area contributed by atoms with Crippen molar-refractivity contribution >= 4 is 0 Å². The fraction of sp³-hybridized carbons (Fsp3) is 0. The van der Waals surface area contributed by atoms with E-state index in [2.05, 4.69) is 9.97 Å². The minimum absolute atomic E-state index is 0. The molecule has 0 aliphatic rings. The largest absolute Gasteiger partial charge is 0.245 e. The van der Waals surface area contributed by atoms with E-state index in [4.69, 9.17) is 0 Å². The van der Waals surface area contributed by atoms with Crippen molar-refractivity contribution in [1.82, 2.24) is 9.97 Å². The maximum atomic E-state index is 3.67. The molecule has 0 amide bonds. The molecule has 0 saturated carbocycles. The molecule has 0 spiro atoms. The summed E-state index contributed by atoms with van der Waals surface area (Å²) >= 11 is 0. The molecular formula is C4H4N2Os. The van der Waals surface area contributed by atoms with Crippen molar-refractivity contribution < 1.29 is 19.8 Å². The van der Waals surface area contributed by atoms with Crippen LogP contribution in [0.1, 0.15) is 0 Å². The van der Waals surface area contributed by atoms with Crippen LogP contribution in [-0.2, 0) is 19.8 Å². The first-order valence-corrected chi connectivity index (χ1v) is 1.70. The van der Waals surface area contributed by atoms with Crippen LogP contribution < -0.4 is 0 Å². The van der Waals surface area contributed by atoms with E-state index in [9.17, 15) is 0 Å². The van der Waals surface area contributed by atoms with Gasteiger partial charge in [-0.25, -0.2) is 9.97 Å². The van der Waals surface area contributed by atoms with Crippen molar-refractivity contribution in [3.63, 3.8) is 0 Å². The van der Waals surface area contributed by atoms with Gasteiger partial charge in [0.1, 0.15) is 6.33 Å². The molecule has 0 N–H and O–H groups in total. The monoisotopic (exact) mass is 272 g/mol. The van der Waals surface area contributed by atoms with Crippen LogP contribution in [0.3, 0.4) is 0 Å². The van der Waals surface area contributed by atoms with Gasteiger partial charge in [0.15, 0.2) is 0 Å². The van der Waals surface area contributed by atoms with Gasteiger partial charge in [-0.2, -0.15) is 0 Å². The van der Waals surface area contributed by atoms with E-state index in [1.54, 1.807) is 18.5 Å². The standard InChI is InChI=1S/C4H4N2.Os/c1-2-5-4-6-3-1;/h1-4H;. The molecule has 1 rings (SSSR count). The molecule has 3 heteroatoms. The van der Waals surface area contributed by atoms with E-state index in [0.29, 0.717) is 0 Å². The summed E-state index contributed by atoms with van der Waals surface area (Å²) in [6, 6.07) is 1.78. The van der Waals surface area contributed by atoms with Crippen LogP contribution in [0.25, 0.3) is 0 Å². The summed E-state index contributed by atoms with van der Waals surface area (Å²) in [7, 11) is 0. The summed E-state index contributed by atoms with van der Waals surface area (Å²) in [6.07, 6.45) is 4.88. The normalized spacial score (nSPS) is 6.86. The van der Waals surface area contributed by atoms with Crippen molar-refractivity contribution in [2.75, 3.05) is 0 Å². The molecule has 0 unspecified atom stereocenters. The van der Waals surface area contributed by atoms with Gasteiger partial charge < -0.3 is 0 Å². The number of hydrogen-bond donors (Lipinski definition) is 0. The van der Waals surface area contributed by atoms with Gasteiger partial charge in [0.05, 0.1) is 0 Å². The van der Waals surface area contributed by atoms with Crippen LogP contribution in [0, 0.1) is 0 Å². The number of hydrogen-bond acceptors (Lipinski definition) is 2. The average Bonchev–Trinajstić information content (AvgIpc) is 1.72. The van der Waals surface area contributed by atoms with Gasteiger partial charge in [0, 0.05) is 32.2 Å². The molecule has 2 nitrogen and oxygen atoms in total. The Morgan fingerprint density at radius 2 is 1.57 bits per heavy atom. The predicted molar refractivity (Wildman–Crippen MR) is 22.0 cm³/mol. The third-order valence-corrected chi connectivity index (χ3v) is 0.478. The van der Waals surface area contributed by atoms with Crippen LogP contribution in [0.5, 0.6) is 0 Å². The number of rotatable bonds is 0. The first-order chi connectivity index (χ1) is 3.00. The molecule has 0 aliphatic heterocycles. The van der Waals surface area contributed by atoms with E-state index in [1.807, 2.05) is 0 Å². The average molecular weight is 270 g/mol. The minimum Gasteiger partial charge on any atom is -0.245 e. The van der Waals surface area contributed by atoms with E-state index in [0.717, 1.165) is 0 Å². The summed E-state index contributed by atoms with van der Waals surface area (Å²) < 4.78 is 0. The maximum absolute atomic E-state index is 3.67. The van der Waals surface area contributed by atoms with Crippen LogP contribution in [0.15, 0.2) is 24.8 Å². The molecular weight excluding hydrogens is 266 g/mol. The molecule has 7 heavy (non-hydrogen) atoms. The van der Waals surface area contributed by atoms with Gasteiger partial charge in [0.2, 0.25) is 0 Å². The second kappa shape index (κ2) is 3.89. The van der Waals surface area contributed by atoms with Gasteiger partial charge in [-0.1, -0.05) is 0 Å². The Morgan fingerprint density at radius 3 is 1.71 bits per heavy atom. The molecule has 1 aromatic rings. The Balaban J connectivity index is 0.000000360. The quantitative estimate of drug-likeness (QED) is 0.685. The molecule has 1 heterocycles. The van der Waals surface area contributed by atoms with Crippen molar-refractivity contribution in [3.8, 4) is 0 Å². The first-order valence-electron chi connectivity index (χ1n) is 1.70. The maximum Gasteiger partial charge on any atom is 0.115 e. The molecule has 0 atom stereocenters. The Morgan fingerprint density at radius 1 is 1.00 bits per heavy atom. The molecule has 38 valence electrons. The van der Waals surface area contributed by atoms with Crippen molar-refractivity contribution in [3.05, 3.63) is 24.8 Å². The zero-order chi connectivity index (χ0) is 4.24. The molecule has 0 aromatic carbocycles. The predicted octanol–water partition coefficient (Wildman–Crippen LogP) is 0.474. The van der Waals surface area contributed by atoms with Crippen LogP contribution in [-0.4, -0.2) is 9.97 Å². The summed E-state index contributed by atoms with van der Waals surface area (Å²) in [4.78, 5) is 7.35. The van der Waals surface area contributed by atoms with Gasteiger partial charge in [-0.3, -0.25) is 0 Å². The second-order valence-electron chi connectivity index (χ2n) is 0.904. The topological polar surface area (TPSA) is 25.8 Å². The molecule has 0 fully saturated rings. The second-order valence-corrected chi connectivity index (χ2v) is 0.904. The summed E-state index contributed by atoms with van der Waals surface area (Å²) in [5.41, 5.74) is 0. The third-order valence-electron chi connectivity index (χ3n) is 0.478. The van der Waals surface area contributed by atoms with Gasteiger partial charge in [-0.15, -0.1) is 0 Å². The Labute approximate surface area is 55.1 Å². The van der Waals surface area contributed by atoms with Crippen molar-refractivity contribution in [2.24, 2.45) is 0 Å². The molecule has 1 aromatic heterocycles. The Kier molecular flexibility index (Phi) is 3.73. The van der Waals surface area contributed by atoms with Crippen molar-refractivity contribution in [2.45, 2.75) is 0 Å². The zero-order valence-corrected chi connectivity index (χ0v) is 6.10. The summed E-state index contributed by atoms with van der Waals surface area (Å²) in [6.45, 7) is 0. The fourth-order valence-corrected chi connectivity index (χ4v) is 0.253. The molecule has 0 radical (unpaired) electrons. The van der Waals surface area contributed by atoms with Gasteiger partial charge in [-0.05, 0) is 6.07 Å². The fourth-order valence-electron chi connectivity index (χ4n) is 0.253. The SMILES string of the molecule is [Os].c1cncnc1. The minimum atomic E-state index is 0. The van der Waals surface area contributed by atoms with Gasteiger partial charge >= 0.3 is 0 Å². The van der Waals surface area contributed by atoms with Crippen LogP contribution in [0.2, 0.25) is 0 Å². The third kappa shape index (κ3) is 2.42. The molecule has 0 saturated heterocycles. The van der Waals surface area contributed by atoms with E-state index >= 15 is 0 Å². The van der Waals surface area contributed by atoms with Crippen LogP contribution >= 0.6 is 0 Å². The van der Waals surface area contributed by atoms with E-state index in [1.165, 1.54) is 6.33 Å². The van der Waals surface area contributed by atoms with E-state index in [-0.39, 0.29) is 19.8 Å². The number of nitrogens with zero attached hydrogens (tertiary/aromatic N) is 2. The molecule has 0 bridgehead atoms. The zero-order valence-electron chi connectivity index (χ0n) is 3.56. The molecule has 0 aliphatic carbocycles. The number of aromatic nitrogens is 2. The first kappa shape index (κ1) is 6.72. The van der Waals surface area contributed by atoms with Gasteiger partial charge in [0.25, 0.3) is 0 Å². The smallest absolute Gasteiger partial charge is 0.115 e. The Bertz CT molecular complexity index is 81.6. The van der Waals surface area contributed by atoms with Crippen molar-refractivity contribution in [1.29, 1.82) is 0 Å².